The summed E-state index contributed by atoms with van der Waals surface area (Å²) in [6.07, 6.45) is 1.54. The first kappa shape index (κ1) is 13.7. The predicted molar refractivity (Wildman–Crippen MR) is 83.8 cm³/mol. The van der Waals surface area contributed by atoms with Gasteiger partial charge in [0, 0.05) is 5.39 Å². The van der Waals surface area contributed by atoms with Crippen molar-refractivity contribution in [2.75, 3.05) is 0 Å². The average Bonchev–Trinajstić information content (AvgIpc) is 2.91. The number of pyridine rings is 1. The molecule has 0 saturated carbocycles. The number of aryl methyl sites for hydroxylation is 1. The fourth-order valence-electron chi connectivity index (χ4n) is 2.22. The van der Waals surface area contributed by atoms with Crippen LogP contribution in [0.3, 0.4) is 0 Å². The molecule has 21 heavy (non-hydrogen) atoms. The van der Waals surface area contributed by atoms with Gasteiger partial charge in [0.25, 0.3) is 0 Å². The molecule has 0 saturated heterocycles. The molecule has 0 atom stereocenters. The molecule has 3 aromatic rings. The predicted octanol–water partition coefficient (Wildman–Crippen LogP) is 4.01. The second-order valence-corrected chi connectivity index (χ2v) is 5.74. The van der Waals surface area contributed by atoms with Gasteiger partial charge >= 0.3 is 5.97 Å². The van der Waals surface area contributed by atoms with Gasteiger partial charge in [0.2, 0.25) is 0 Å². The van der Waals surface area contributed by atoms with E-state index < -0.39 is 5.97 Å². The van der Waals surface area contributed by atoms with Crippen LogP contribution in [0, 0.1) is 0 Å². The summed E-state index contributed by atoms with van der Waals surface area (Å²) in [4.78, 5) is 20.7. The van der Waals surface area contributed by atoms with E-state index in [4.69, 9.17) is 0 Å². The van der Waals surface area contributed by atoms with Crippen molar-refractivity contribution >= 4 is 28.2 Å². The molecule has 0 aliphatic carbocycles. The highest BCUT2D eigenvalue weighted by atomic mass is 32.1. The largest absolute Gasteiger partial charge is 0.477 e. The minimum Gasteiger partial charge on any atom is -0.477 e. The smallest absolute Gasteiger partial charge is 0.347 e. The standard InChI is InChI=1S/C16H14N2O2S/c1-2-5-12-14(16(19)20)21-15(18-12)13-9-8-10-6-3-4-7-11(10)17-13/h3-4,6-9H,2,5H2,1H3,(H,19,20). The Bertz CT molecular complexity index is 811. The third-order valence-corrected chi connectivity index (χ3v) is 4.30. The molecule has 4 nitrogen and oxygen atoms in total. The number of nitrogens with zero attached hydrogens (tertiary/aromatic N) is 2. The third kappa shape index (κ3) is 2.64. The summed E-state index contributed by atoms with van der Waals surface area (Å²) in [5, 5.41) is 11.0. The third-order valence-electron chi connectivity index (χ3n) is 3.20. The van der Waals surface area contributed by atoms with Crippen molar-refractivity contribution in [1.82, 2.24) is 9.97 Å². The van der Waals surface area contributed by atoms with Crippen LogP contribution in [-0.4, -0.2) is 21.0 Å². The van der Waals surface area contributed by atoms with Crippen molar-refractivity contribution in [3.05, 3.63) is 47.0 Å². The maximum absolute atomic E-state index is 11.3. The number of carboxylic acids is 1. The van der Waals surface area contributed by atoms with E-state index in [0.29, 0.717) is 22.0 Å². The summed E-state index contributed by atoms with van der Waals surface area (Å²) in [7, 11) is 0. The van der Waals surface area contributed by atoms with Gasteiger partial charge < -0.3 is 5.11 Å². The van der Waals surface area contributed by atoms with Crippen LogP contribution in [-0.2, 0) is 6.42 Å². The second kappa shape index (κ2) is 5.61. The van der Waals surface area contributed by atoms with Gasteiger partial charge in [-0.3, -0.25) is 0 Å². The van der Waals surface area contributed by atoms with Gasteiger partial charge in [-0.15, -0.1) is 11.3 Å². The number of hydrogen-bond donors (Lipinski definition) is 1. The molecule has 0 bridgehead atoms. The molecule has 0 spiro atoms. The van der Waals surface area contributed by atoms with Gasteiger partial charge in [0.15, 0.2) is 0 Å². The molecule has 0 radical (unpaired) electrons. The number of carboxylic acid groups (broad SMARTS) is 1. The highest BCUT2D eigenvalue weighted by Crippen LogP contribution is 2.29. The molecule has 1 aromatic carbocycles. The van der Waals surface area contributed by atoms with Crippen LogP contribution in [0.4, 0.5) is 0 Å². The Kier molecular flexibility index (Phi) is 3.66. The van der Waals surface area contributed by atoms with E-state index >= 15 is 0 Å². The van der Waals surface area contributed by atoms with Crippen LogP contribution in [0.25, 0.3) is 21.6 Å². The van der Waals surface area contributed by atoms with Gasteiger partial charge in [-0.05, 0) is 18.6 Å². The summed E-state index contributed by atoms with van der Waals surface area (Å²) >= 11 is 1.20. The van der Waals surface area contributed by atoms with Gasteiger partial charge in [-0.2, -0.15) is 0 Å². The van der Waals surface area contributed by atoms with E-state index in [1.54, 1.807) is 0 Å². The zero-order chi connectivity index (χ0) is 14.8. The highest BCUT2D eigenvalue weighted by Gasteiger charge is 2.18. The molecule has 0 unspecified atom stereocenters. The van der Waals surface area contributed by atoms with Crippen molar-refractivity contribution in [1.29, 1.82) is 0 Å². The Balaban J connectivity index is 2.09. The molecule has 106 valence electrons. The number of aromatic carboxylic acids is 1. The van der Waals surface area contributed by atoms with Gasteiger partial charge in [0.05, 0.1) is 16.9 Å². The van der Waals surface area contributed by atoms with Crippen LogP contribution in [0.1, 0.15) is 28.7 Å². The molecule has 0 aliphatic heterocycles. The lowest BCUT2D eigenvalue weighted by molar-refractivity contribution is 0.0700. The lowest BCUT2D eigenvalue weighted by Gasteiger charge is -1.99. The van der Waals surface area contributed by atoms with Crippen LogP contribution in [0.2, 0.25) is 0 Å². The zero-order valence-electron chi connectivity index (χ0n) is 11.5. The number of aromatic nitrogens is 2. The van der Waals surface area contributed by atoms with Crippen LogP contribution in [0.15, 0.2) is 36.4 Å². The Morgan fingerprint density at radius 1 is 1.19 bits per heavy atom. The number of para-hydroxylation sites is 1. The molecule has 1 N–H and O–H groups in total. The molecule has 2 heterocycles. The number of hydrogen-bond acceptors (Lipinski definition) is 4. The fourth-order valence-corrected chi connectivity index (χ4v) is 3.14. The fraction of sp³-hybridized carbons (Fsp3) is 0.188. The van der Waals surface area contributed by atoms with Crippen molar-refractivity contribution in [2.24, 2.45) is 0 Å². The number of fused-ring (bicyclic) bond motifs is 1. The summed E-state index contributed by atoms with van der Waals surface area (Å²) < 4.78 is 0. The Hall–Kier alpha value is -2.27. The molecule has 0 fully saturated rings. The minimum absolute atomic E-state index is 0.321. The summed E-state index contributed by atoms with van der Waals surface area (Å²) in [5.74, 6) is -0.914. The van der Waals surface area contributed by atoms with E-state index in [9.17, 15) is 9.90 Å². The normalized spacial score (nSPS) is 10.9. The molecule has 2 aromatic heterocycles. The molecule has 0 aliphatic rings. The number of rotatable bonds is 4. The molecular formula is C16H14N2O2S. The Morgan fingerprint density at radius 3 is 2.76 bits per heavy atom. The first-order valence-electron chi connectivity index (χ1n) is 6.78. The molecule has 0 amide bonds. The summed E-state index contributed by atoms with van der Waals surface area (Å²) in [5.41, 5.74) is 2.27. The lowest BCUT2D eigenvalue weighted by atomic mass is 10.2. The van der Waals surface area contributed by atoms with Gasteiger partial charge in [-0.1, -0.05) is 37.6 Å². The van der Waals surface area contributed by atoms with Crippen molar-refractivity contribution in [3.8, 4) is 10.7 Å². The van der Waals surface area contributed by atoms with Gasteiger partial charge in [-0.25, -0.2) is 14.8 Å². The maximum atomic E-state index is 11.3. The highest BCUT2D eigenvalue weighted by molar-refractivity contribution is 7.17. The Labute approximate surface area is 126 Å². The summed E-state index contributed by atoms with van der Waals surface area (Å²) in [6.45, 7) is 2.01. The van der Waals surface area contributed by atoms with E-state index in [0.717, 1.165) is 23.0 Å². The minimum atomic E-state index is -0.914. The van der Waals surface area contributed by atoms with Crippen LogP contribution in [0.5, 0.6) is 0 Å². The number of thiazole rings is 1. The van der Waals surface area contributed by atoms with Crippen LogP contribution >= 0.6 is 11.3 Å². The lowest BCUT2D eigenvalue weighted by Crippen LogP contribution is -1.98. The van der Waals surface area contributed by atoms with E-state index in [2.05, 4.69) is 9.97 Å². The first-order valence-corrected chi connectivity index (χ1v) is 7.60. The van der Waals surface area contributed by atoms with Gasteiger partial charge in [0.1, 0.15) is 9.88 Å². The number of benzene rings is 1. The second-order valence-electron chi connectivity index (χ2n) is 4.74. The zero-order valence-corrected chi connectivity index (χ0v) is 12.4. The first-order chi connectivity index (χ1) is 10.2. The van der Waals surface area contributed by atoms with E-state index in [-0.39, 0.29) is 0 Å². The molecular weight excluding hydrogens is 284 g/mol. The van der Waals surface area contributed by atoms with E-state index in [1.807, 2.05) is 43.3 Å². The molecule has 3 rings (SSSR count). The van der Waals surface area contributed by atoms with Crippen molar-refractivity contribution < 1.29 is 9.90 Å². The summed E-state index contributed by atoms with van der Waals surface area (Å²) in [6, 6.07) is 11.7. The SMILES string of the molecule is CCCc1nc(-c2ccc3ccccc3n2)sc1C(=O)O. The van der Waals surface area contributed by atoms with E-state index in [1.165, 1.54) is 11.3 Å². The number of carbonyl (C=O) groups is 1. The maximum Gasteiger partial charge on any atom is 0.347 e. The quantitative estimate of drug-likeness (QED) is 0.790. The Morgan fingerprint density at radius 2 is 2.00 bits per heavy atom. The van der Waals surface area contributed by atoms with Crippen LogP contribution < -0.4 is 0 Å². The topological polar surface area (TPSA) is 63.1 Å². The average molecular weight is 298 g/mol. The van der Waals surface area contributed by atoms with Crippen molar-refractivity contribution in [3.63, 3.8) is 0 Å². The van der Waals surface area contributed by atoms with Crippen molar-refractivity contribution in [2.45, 2.75) is 19.8 Å². The molecule has 5 heteroatoms. The monoisotopic (exact) mass is 298 g/mol.